The van der Waals surface area contributed by atoms with E-state index in [0.717, 1.165) is 6.42 Å². The predicted octanol–water partition coefficient (Wildman–Crippen LogP) is -0.845. The molecule has 0 spiro atoms. The Morgan fingerprint density at radius 3 is 2.25 bits per heavy atom. The molecule has 0 heterocycles. The fourth-order valence-electron chi connectivity index (χ4n) is 0.775. The Morgan fingerprint density at radius 1 is 1.42 bits per heavy atom. The van der Waals surface area contributed by atoms with E-state index < -0.39 is 10.2 Å². The molecule has 5 nitrogen and oxygen atoms in total. The monoisotopic (exact) mass is 195 g/mol. The van der Waals surface area contributed by atoms with E-state index in [2.05, 4.69) is 4.72 Å². The lowest BCUT2D eigenvalue weighted by Crippen LogP contribution is -2.38. The molecule has 74 valence electrons. The molecule has 12 heavy (non-hydrogen) atoms. The second kappa shape index (κ2) is 4.18. The van der Waals surface area contributed by atoms with Gasteiger partial charge in [0.15, 0.2) is 0 Å². The van der Waals surface area contributed by atoms with Crippen LogP contribution >= 0.6 is 0 Å². The van der Waals surface area contributed by atoms with Crippen molar-refractivity contribution in [2.24, 2.45) is 16.3 Å². The Balaban J connectivity index is 3.92. The lowest BCUT2D eigenvalue weighted by molar-refractivity contribution is 0.340. The van der Waals surface area contributed by atoms with Gasteiger partial charge in [0.25, 0.3) is 10.2 Å². The average molecular weight is 195 g/mol. The summed E-state index contributed by atoms with van der Waals surface area (Å²) in [7, 11) is -3.57. The van der Waals surface area contributed by atoms with E-state index in [1.54, 1.807) is 0 Å². The van der Waals surface area contributed by atoms with Gasteiger partial charge in [-0.15, -0.1) is 0 Å². The van der Waals surface area contributed by atoms with Crippen LogP contribution in [0.25, 0.3) is 0 Å². The van der Waals surface area contributed by atoms with Crippen LogP contribution in [0.1, 0.15) is 20.3 Å². The molecule has 0 aromatic rings. The number of hydrogen-bond acceptors (Lipinski definition) is 3. The van der Waals surface area contributed by atoms with Crippen LogP contribution in [0.2, 0.25) is 0 Å². The SMILES string of the molecule is CC(C)(CCN)CNS(N)(=O)=O. The van der Waals surface area contributed by atoms with Crippen molar-refractivity contribution in [3.8, 4) is 0 Å². The topological polar surface area (TPSA) is 98.2 Å². The first-order valence-electron chi connectivity index (χ1n) is 3.74. The largest absolute Gasteiger partial charge is 0.330 e. The molecule has 0 fully saturated rings. The highest BCUT2D eigenvalue weighted by Gasteiger charge is 2.18. The second-order valence-corrected chi connectivity index (χ2v) is 4.95. The maximum absolute atomic E-state index is 10.5. The number of nitrogens with one attached hydrogen (secondary N) is 1. The van der Waals surface area contributed by atoms with Crippen molar-refractivity contribution in [3.63, 3.8) is 0 Å². The van der Waals surface area contributed by atoms with Gasteiger partial charge in [-0.25, -0.2) is 9.86 Å². The van der Waals surface area contributed by atoms with Crippen molar-refractivity contribution < 1.29 is 8.42 Å². The maximum Gasteiger partial charge on any atom is 0.274 e. The highest BCUT2D eigenvalue weighted by molar-refractivity contribution is 7.87. The number of hydrogen-bond donors (Lipinski definition) is 3. The summed E-state index contributed by atoms with van der Waals surface area (Å²) in [5, 5.41) is 4.77. The fourth-order valence-corrected chi connectivity index (χ4v) is 1.37. The molecule has 0 aliphatic rings. The van der Waals surface area contributed by atoms with Gasteiger partial charge in [-0.05, 0) is 18.4 Å². The average Bonchev–Trinajstić information content (AvgIpc) is 1.83. The molecular weight excluding hydrogens is 178 g/mol. The predicted molar refractivity (Wildman–Crippen MR) is 48.6 cm³/mol. The number of rotatable bonds is 5. The molecule has 0 aliphatic heterocycles. The van der Waals surface area contributed by atoms with Crippen molar-refractivity contribution in [3.05, 3.63) is 0 Å². The van der Waals surface area contributed by atoms with Gasteiger partial charge in [0, 0.05) is 6.54 Å². The molecule has 0 radical (unpaired) electrons. The third kappa shape index (κ3) is 6.53. The van der Waals surface area contributed by atoms with Crippen LogP contribution in [0.3, 0.4) is 0 Å². The van der Waals surface area contributed by atoms with E-state index in [4.69, 9.17) is 10.9 Å². The zero-order chi connectivity index (χ0) is 9.83. The minimum Gasteiger partial charge on any atom is -0.330 e. The molecule has 0 rings (SSSR count). The molecule has 0 amide bonds. The van der Waals surface area contributed by atoms with Gasteiger partial charge in [-0.1, -0.05) is 13.8 Å². The molecule has 0 saturated heterocycles. The third-order valence-corrected chi connectivity index (χ3v) is 2.12. The van der Waals surface area contributed by atoms with Gasteiger partial charge in [0.05, 0.1) is 0 Å². The highest BCUT2D eigenvalue weighted by Crippen LogP contribution is 2.17. The minimum atomic E-state index is -3.57. The molecule has 0 atom stereocenters. The summed E-state index contributed by atoms with van der Waals surface area (Å²) in [6.45, 7) is 4.72. The zero-order valence-corrected chi connectivity index (χ0v) is 8.32. The van der Waals surface area contributed by atoms with Gasteiger partial charge in [0.1, 0.15) is 0 Å². The van der Waals surface area contributed by atoms with E-state index in [9.17, 15) is 8.42 Å². The number of nitrogens with two attached hydrogens (primary N) is 2. The van der Waals surface area contributed by atoms with Crippen LogP contribution in [0.5, 0.6) is 0 Å². The molecule has 0 aromatic heterocycles. The van der Waals surface area contributed by atoms with E-state index in [1.807, 2.05) is 13.8 Å². The Kier molecular flexibility index (Phi) is 4.12. The molecule has 0 saturated carbocycles. The van der Waals surface area contributed by atoms with Gasteiger partial charge in [-0.3, -0.25) is 0 Å². The lowest BCUT2D eigenvalue weighted by Gasteiger charge is -2.23. The zero-order valence-electron chi connectivity index (χ0n) is 7.50. The minimum absolute atomic E-state index is 0.138. The summed E-state index contributed by atoms with van der Waals surface area (Å²) in [4.78, 5) is 0. The van der Waals surface area contributed by atoms with Crippen molar-refractivity contribution >= 4 is 10.2 Å². The van der Waals surface area contributed by atoms with E-state index in [0.29, 0.717) is 13.1 Å². The Morgan fingerprint density at radius 2 is 1.92 bits per heavy atom. The first kappa shape index (κ1) is 11.8. The standard InChI is InChI=1S/C6H17N3O2S/c1-6(2,3-4-7)5-9-12(8,10)11/h9H,3-5,7H2,1-2H3,(H2,8,10,11). The molecule has 0 aromatic carbocycles. The van der Waals surface area contributed by atoms with E-state index in [-0.39, 0.29) is 5.41 Å². The quantitative estimate of drug-likeness (QED) is 0.533. The molecule has 0 bridgehead atoms. The third-order valence-electron chi connectivity index (χ3n) is 1.57. The van der Waals surface area contributed by atoms with E-state index >= 15 is 0 Å². The second-order valence-electron chi connectivity index (χ2n) is 3.57. The van der Waals surface area contributed by atoms with Crippen LogP contribution in [0.15, 0.2) is 0 Å². The summed E-state index contributed by atoms with van der Waals surface area (Å²) in [5.41, 5.74) is 5.21. The van der Waals surface area contributed by atoms with E-state index in [1.165, 1.54) is 0 Å². The van der Waals surface area contributed by atoms with Crippen molar-refractivity contribution in [1.29, 1.82) is 0 Å². The van der Waals surface area contributed by atoms with Crippen molar-refractivity contribution in [2.75, 3.05) is 13.1 Å². The van der Waals surface area contributed by atoms with Crippen LogP contribution < -0.4 is 15.6 Å². The summed E-state index contributed by atoms with van der Waals surface area (Å²) < 4.78 is 23.3. The molecule has 0 unspecified atom stereocenters. The van der Waals surface area contributed by atoms with Crippen molar-refractivity contribution in [1.82, 2.24) is 4.72 Å². The van der Waals surface area contributed by atoms with Crippen LogP contribution in [-0.4, -0.2) is 21.5 Å². The molecular formula is C6H17N3O2S. The summed E-state index contributed by atoms with van der Waals surface area (Å²) in [6.07, 6.45) is 0.759. The molecule has 5 N–H and O–H groups in total. The molecule has 6 heteroatoms. The van der Waals surface area contributed by atoms with Gasteiger partial charge in [-0.2, -0.15) is 8.42 Å². The normalized spacial score (nSPS) is 13.3. The summed E-state index contributed by atoms with van der Waals surface area (Å²) in [6, 6.07) is 0. The Bertz CT molecular complexity index is 223. The summed E-state index contributed by atoms with van der Waals surface area (Å²) in [5.74, 6) is 0. The smallest absolute Gasteiger partial charge is 0.274 e. The van der Waals surface area contributed by atoms with Crippen LogP contribution in [0, 0.1) is 5.41 Å². The van der Waals surface area contributed by atoms with Gasteiger partial charge < -0.3 is 5.73 Å². The highest BCUT2D eigenvalue weighted by atomic mass is 32.2. The Labute approximate surface area is 73.7 Å². The van der Waals surface area contributed by atoms with Crippen LogP contribution in [-0.2, 0) is 10.2 Å². The van der Waals surface area contributed by atoms with Crippen molar-refractivity contribution in [2.45, 2.75) is 20.3 Å². The van der Waals surface area contributed by atoms with Gasteiger partial charge in [0.2, 0.25) is 0 Å². The lowest BCUT2D eigenvalue weighted by atomic mass is 9.90. The van der Waals surface area contributed by atoms with Gasteiger partial charge >= 0.3 is 0 Å². The fraction of sp³-hybridized carbons (Fsp3) is 1.00. The first-order valence-corrected chi connectivity index (χ1v) is 5.29. The van der Waals surface area contributed by atoms with Crippen LogP contribution in [0.4, 0.5) is 0 Å². The molecule has 0 aliphatic carbocycles. The first-order chi connectivity index (χ1) is 5.27. The maximum atomic E-state index is 10.5. The summed E-state index contributed by atoms with van der Waals surface area (Å²) >= 11 is 0. The Hall–Kier alpha value is -0.170.